The SMILES string of the molecule is COc1cc(F)c(OC2CCC(C)(C(=O)O)CC2)cc1C(=O)Nc1c(C(=O)NCC2(C3CC3)CCC2)sc2cc(C(F)(F)F)ccc12. The van der Waals surface area contributed by atoms with Gasteiger partial charge in [-0.05, 0) is 87.8 Å². The molecule has 0 atom stereocenters. The molecule has 2 aromatic carbocycles. The molecule has 3 aromatic rings. The maximum atomic E-state index is 15.1. The highest BCUT2D eigenvalue weighted by atomic mass is 32.1. The minimum absolute atomic E-state index is 0.0433. The lowest BCUT2D eigenvalue weighted by atomic mass is 9.65. The Morgan fingerprint density at radius 3 is 2.28 bits per heavy atom. The fraction of sp³-hybridized carbons (Fsp3) is 0.500. The second-order valence-electron chi connectivity index (χ2n) is 13.3. The number of fused-ring (bicyclic) bond motifs is 1. The molecular formula is C34H36F4N2O6S. The summed E-state index contributed by atoms with van der Waals surface area (Å²) in [6.07, 6.45) is 1.69. The standard InChI is InChI=1S/C34H36F4N2O6S/c1-32(31(43)44)12-8-20(9-13-32)46-25-15-22(24(45-2)16-23(25)35)29(41)40-27-21-7-6-19(34(36,37)38)14-26(21)47-28(27)30(42)39-17-33(10-3-11-33)18-4-5-18/h6-7,14-16,18,20H,3-5,8-13,17H2,1-2H3,(H,39,42)(H,40,41)(H,43,44). The molecule has 47 heavy (non-hydrogen) atoms. The molecule has 0 aliphatic heterocycles. The number of benzene rings is 2. The van der Waals surface area contributed by atoms with Crippen molar-refractivity contribution in [3.63, 3.8) is 0 Å². The highest BCUT2D eigenvalue weighted by Gasteiger charge is 2.49. The number of ether oxygens (including phenoxy) is 2. The van der Waals surface area contributed by atoms with E-state index in [9.17, 15) is 32.7 Å². The van der Waals surface area contributed by atoms with Crippen molar-refractivity contribution in [2.75, 3.05) is 19.0 Å². The molecular weight excluding hydrogens is 640 g/mol. The number of carbonyl (C=O) groups is 3. The maximum Gasteiger partial charge on any atom is 0.416 e. The fourth-order valence-corrected chi connectivity index (χ4v) is 7.96. The molecule has 13 heteroatoms. The number of rotatable bonds is 10. The van der Waals surface area contributed by atoms with Crippen LogP contribution in [0.3, 0.4) is 0 Å². The van der Waals surface area contributed by atoms with E-state index in [1.54, 1.807) is 6.92 Å². The lowest BCUT2D eigenvalue weighted by molar-refractivity contribution is -0.150. The van der Waals surface area contributed by atoms with Crippen molar-refractivity contribution in [3.05, 3.63) is 52.2 Å². The molecule has 3 aliphatic carbocycles. The van der Waals surface area contributed by atoms with Crippen molar-refractivity contribution in [1.82, 2.24) is 5.32 Å². The third-order valence-electron chi connectivity index (χ3n) is 10.2. The topological polar surface area (TPSA) is 114 Å². The van der Waals surface area contributed by atoms with Gasteiger partial charge in [0.05, 0.1) is 35.4 Å². The van der Waals surface area contributed by atoms with Crippen molar-refractivity contribution in [2.45, 2.75) is 77.0 Å². The first kappa shape index (κ1) is 33.0. The highest BCUT2D eigenvalue weighted by Crippen LogP contribution is 2.56. The summed E-state index contributed by atoms with van der Waals surface area (Å²) in [4.78, 5) is 39.0. The van der Waals surface area contributed by atoms with Crippen LogP contribution in [0, 0.1) is 22.6 Å². The Labute approximate surface area is 272 Å². The molecule has 1 aromatic heterocycles. The molecule has 0 radical (unpaired) electrons. The number of methoxy groups -OCH3 is 1. The Hall–Kier alpha value is -3.87. The zero-order valence-electron chi connectivity index (χ0n) is 26.0. The highest BCUT2D eigenvalue weighted by molar-refractivity contribution is 7.21. The minimum atomic E-state index is -4.60. The average Bonchev–Trinajstić information content (AvgIpc) is 3.79. The summed E-state index contributed by atoms with van der Waals surface area (Å²) in [5, 5.41) is 15.5. The molecule has 8 nitrogen and oxygen atoms in total. The maximum absolute atomic E-state index is 15.1. The van der Waals surface area contributed by atoms with Gasteiger partial charge in [-0.2, -0.15) is 13.2 Å². The van der Waals surface area contributed by atoms with Crippen molar-refractivity contribution in [2.24, 2.45) is 16.7 Å². The zero-order valence-corrected chi connectivity index (χ0v) is 26.8. The lowest BCUT2D eigenvalue weighted by Gasteiger charge is -2.42. The van der Waals surface area contributed by atoms with Crippen LogP contribution in [0.15, 0.2) is 30.3 Å². The van der Waals surface area contributed by atoms with Gasteiger partial charge in [0, 0.05) is 22.7 Å². The van der Waals surface area contributed by atoms with Crippen molar-refractivity contribution in [1.29, 1.82) is 0 Å². The first-order valence-electron chi connectivity index (χ1n) is 15.7. The Kier molecular flexibility index (Phi) is 8.65. The predicted octanol–water partition coefficient (Wildman–Crippen LogP) is 8.04. The number of carboxylic acid groups (broad SMARTS) is 1. The summed E-state index contributed by atoms with van der Waals surface area (Å²) in [5.74, 6) is -2.75. The predicted molar refractivity (Wildman–Crippen MR) is 168 cm³/mol. The van der Waals surface area contributed by atoms with Crippen LogP contribution >= 0.6 is 11.3 Å². The molecule has 0 unspecified atom stereocenters. The quantitative estimate of drug-likeness (QED) is 0.187. The van der Waals surface area contributed by atoms with Gasteiger partial charge in [0.2, 0.25) is 0 Å². The van der Waals surface area contributed by atoms with E-state index in [0.717, 1.165) is 61.6 Å². The Bertz CT molecular complexity index is 1720. The van der Waals surface area contributed by atoms with E-state index in [1.165, 1.54) is 19.2 Å². The first-order chi connectivity index (χ1) is 22.2. The third-order valence-corrected chi connectivity index (χ3v) is 11.4. The summed E-state index contributed by atoms with van der Waals surface area (Å²) in [7, 11) is 1.26. The lowest BCUT2D eigenvalue weighted by Crippen LogP contribution is -2.43. The van der Waals surface area contributed by atoms with Gasteiger partial charge in [0.25, 0.3) is 11.8 Å². The Morgan fingerprint density at radius 2 is 1.70 bits per heavy atom. The molecule has 3 fully saturated rings. The van der Waals surface area contributed by atoms with Gasteiger partial charge < -0.3 is 25.2 Å². The van der Waals surface area contributed by atoms with E-state index >= 15 is 4.39 Å². The van der Waals surface area contributed by atoms with E-state index in [2.05, 4.69) is 10.6 Å². The minimum Gasteiger partial charge on any atom is -0.496 e. The molecule has 0 spiro atoms. The van der Waals surface area contributed by atoms with Crippen LogP contribution in [0.1, 0.15) is 90.3 Å². The van der Waals surface area contributed by atoms with E-state index in [1.807, 2.05) is 0 Å². The van der Waals surface area contributed by atoms with Gasteiger partial charge in [-0.15, -0.1) is 11.3 Å². The van der Waals surface area contributed by atoms with E-state index in [0.29, 0.717) is 38.1 Å². The smallest absolute Gasteiger partial charge is 0.416 e. The monoisotopic (exact) mass is 676 g/mol. The number of amides is 2. The first-order valence-corrected chi connectivity index (χ1v) is 16.6. The van der Waals surface area contributed by atoms with Crippen LogP contribution in [-0.4, -0.2) is 42.6 Å². The molecule has 3 saturated carbocycles. The van der Waals surface area contributed by atoms with Crippen LogP contribution in [0.25, 0.3) is 10.1 Å². The number of anilines is 1. The summed E-state index contributed by atoms with van der Waals surface area (Å²) in [6, 6.07) is 5.25. The van der Waals surface area contributed by atoms with Crippen molar-refractivity contribution < 1.29 is 46.5 Å². The van der Waals surface area contributed by atoms with Gasteiger partial charge in [0.1, 0.15) is 10.6 Å². The normalized spacial score (nSPS) is 22.3. The van der Waals surface area contributed by atoms with E-state index in [-0.39, 0.29) is 43.1 Å². The Morgan fingerprint density at radius 1 is 1.00 bits per heavy atom. The number of aliphatic carboxylic acids is 1. The van der Waals surface area contributed by atoms with Crippen LogP contribution in [0.5, 0.6) is 11.5 Å². The molecule has 1 heterocycles. The van der Waals surface area contributed by atoms with Gasteiger partial charge in [-0.1, -0.05) is 12.5 Å². The third kappa shape index (κ3) is 6.50. The van der Waals surface area contributed by atoms with Gasteiger partial charge in [-0.3, -0.25) is 14.4 Å². The largest absolute Gasteiger partial charge is 0.496 e. The number of hydrogen-bond acceptors (Lipinski definition) is 6. The molecule has 252 valence electrons. The number of carbonyl (C=O) groups excluding carboxylic acids is 2. The zero-order chi connectivity index (χ0) is 33.7. The molecule has 2 amide bonds. The number of thiophene rings is 1. The average molecular weight is 677 g/mol. The van der Waals surface area contributed by atoms with Crippen molar-refractivity contribution in [3.8, 4) is 11.5 Å². The van der Waals surface area contributed by atoms with Gasteiger partial charge in [-0.25, -0.2) is 4.39 Å². The fourth-order valence-electron chi connectivity index (χ4n) is 6.84. The summed E-state index contributed by atoms with van der Waals surface area (Å²) in [6.45, 7) is 2.11. The number of halogens is 4. The van der Waals surface area contributed by atoms with Crippen LogP contribution < -0.4 is 20.1 Å². The summed E-state index contributed by atoms with van der Waals surface area (Å²) < 4.78 is 67.1. The molecule has 0 saturated heterocycles. The van der Waals surface area contributed by atoms with Crippen molar-refractivity contribution >= 4 is 44.9 Å². The molecule has 6 rings (SSSR count). The summed E-state index contributed by atoms with van der Waals surface area (Å²) >= 11 is 0.856. The summed E-state index contributed by atoms with van der Waals surface area (Å²) in [5.41, 5.74) is -1.80. The number of nitrogens with one attached hydrogen (secondary N) is 2. The number of alkyl halides is 3. The van der Waals surface area contributed by atoms with E-state index < -0.39 is 46.9 Å². The van der Waals surface area contributed by atoms with Gasteiger partial charge in [0.15, 0.2) is 11.6 Å². The number of hydrogen-bond donors (Lipinski definition) is 3. The van der Waals surface area contributed by atoms with E-state index in [4.69, 9.17) is 9.47 Å². The van der Waals surface area contributed by atoms with Gasteiger partial charge >= 0.3 is 12.1 Å². The second-order valence-corrected chi connectivity index (χ2v) is 14.4. The number of carboxylic acids is 1. The molecule has 3 N–H and O–H groups in total. The van der Waals surface area contributed by atoms with Crippen LogP contribution in [0.4, 0.5) is 23.2 Å². The Balaban J connectivity index is 1.28. The molecule has 0 bridgehead atoms. The molecule has 3 aliphatic rings. The second kappa shape index (κ2) is 12.3. The van der Waals surface area contributed by atoms with Crippen LogP contribution in [-0.2, 0) is 11.0 Å². The van der Waals surface area contributed by atoms with Crippen LogP contribution in [0.2, 0.25) is 0 Å².